The number of rotatable bonds is 1. The minimum absolute atomic E-state index is 1.28. The molecule has 106 valence electrons. The van der Waals surface area contributed by atoms with E-state index in [4.69, 9.17) is 19.8 Å². The van der Waals surface area contributed by atoms with Gasteiger partial charge in [-0.05, 0) is 11.1 Å². The third-order valence-electron chi connectivity index (χ3n) is 1.88. The van der Waals surface area contributed by atoms with E-state index in [0.29, 0.717) is 0 Å². The van der Waals surface area contributed by atoms with Crippen LogP contribution in [0.1, 0.15) is 0 Å². The summed E-state index contributed by atoms with van der Waals surface area (Å²) in [5.74, 6) is 0. The monoisotopic (exact) mass is 314 g/mol. The van der Waals surface area contributed by atoms with Gasteiger partial charge in [-0.1, -0.05) is 60.7 Å². The van der Waals surface area contributed by atoms with Gasteiger partial charge in [0.1, 0.15) is 0 Å². The van der Waals surface area contributed by atoms with Crippen LogP contribution in [-0.4, -0.2) is 21.1 Å². The molecule has 0 aliphatic heterocycles. The van der Waals surface area contributed by atoms with Crippen LogP contribution in [0.15, 0.2) is 60.7 Å². The fourth-order valence-corrected chi connectivity index (χ4v) is 1.26. The van der Waals surface area contributed by atoms with E-state index in [1.807, 2.05) is 12.1 Å². The lowest BCUT2D eigenvalue weighted by Crippen LogP contribution is -1.73. The fraction of sp³-hybridized carbons (Fsp3) is 0. The summed E-state index contributed by atoms with van der Waals surface area (Å²) in [5.41, 5.74) is -0.170. The van der Waals surface area contributed by atoms with E-state index in [2.05, 4.69) is 71.7 Å². The van der Waals surface area contributed by atoms with Gasteiger partial charge in [0, 0.05) is 23.2 Å². The molecule has 0 amide bonds. The van der Waals surface area contributed by atoms with Gasteiger partial charge < -0.3 is 10.2 Å². The van der Waals surface area contributed by atoms with Crippen molar-refractivity contribution in [1.29, 1.82) is 0 Å². The van der Waals surface area contributed by atoms with Crippen LogP contribution < -0.4 is 0 Å². The highest BCUT2D eigenvalue weighted by Crippen LogP contribution is 2.17. The Kier molecular flexibility index (Phi) is 9.74. The van der Waals surface area contributed by atoms with E-state index >= 15 is 0 Å². The van der Waals surface area contributed by atoms with Crippen LogP contribution in [0.4, 0.5) is 9.59 Å². The number of hydrogen-bond donors (Lipinski definition) is 2. The highest BCUT2D eigenvalue weighted by Gasteiger charge is 1.91. The van der Waals surface area contributed by atoms with Crippen LogP contribution in [0.25, 0.3) is 11.1 Å². The third-order valence-corrected chi connectivity index (χ3v) is 1.88. The molecule has 0 saturated carbocycles. The van der Waals surface area contributed by atoms with Gasteiger partial charge in [-0.3, -0.25) is 0 Å². The second-order valence-corrected chi connectivity index (χ2v) is 3.88. The average molecular weight is 315 g/mol. The summed E-state index contributed by atoms with van der Waals surface area (Å²) >= 11 is 8.38. The first-order valence-corrected chi connectivity index (χ1v) is 6.06. The fourth-order valence-electron chi connectivity index (χ4n) is 1.26. The Morgan fingerprint density at radius 1 is 0.650 bits per heavy atom. The smallest absolute Gasteiger partial charge is 0.401 e. The van der Waals surface area contributed by atoms with Crippen molar-refractivity contribution in [3.05, 3.63) is 60.7 Å². The summed E-state index contributed by atoms with van der Waals surface area (Å²) in [4.78, 5) is 17.5. The first-order valence-electron chi connectivity index (χ1n) is 5.30. The number of carbonyl (C=O) groups is 2. The van der Waals surface area contributed by atoms with Crippen molar-refractivity contribution in [3.63, 3.8) is 0 Å². The summed E-state index contributed by atoms with van der Waals surface area (Å²) in [7, 11) is 0. The van der Waals surface area contributed by atoms with Gasteiger partial charge in [0.15, 0.2) is 0 Å². The first-order chi connectivity index (χ1) is 9.43. The Balaban J connectivity index is 0.000000380. The normalized spacial score (nSPS) is 8.30. The summed E-state index contributed by atoms with van der Waals surface area (Å²) < 4.78 is 0. The van der Waals surface area contributed by atoms with Crippen molar-refractivity contribution in [1.82, 2.24) is 0 Å². The molecule has 6 heteroatoms. The predicted molar refractivity (Wildman–Crippen MR) is 79.6 cm³/mol. The Morgan fingerprint density at radius 3 is 1.05 bits per heavy atom. The van der Waals surface area contributed by atoms with Crippen molar-refractivity contribution in [3.8, 4) is 11.1 Å². The topological polar surface area (TPSA) is 74.6 Å². The Hall–Kier alpha value is -2.04. The molecule has 0 saturated heterocycles. The molecular weight excluding hydrogens is 303 g/mol. The molecule has 0 fully saturated rings. The van der Waals surface area contributed by atoms with Crippen molar-refractivity contribution in [2.24, 2.45) is 0 Å². The highest BCUT2D eigenvalue weighted by molar-refractivity contribution is 6.60. The molecule has 2 N–H and O–H groups in total. The summed E-state index contributed by atoms with van der Waals surface area (Å²) in [5, 5.41) is 14.4. The molecule has 0 spiro atoms. The van der Waals surface area contributed by atoms with Gasteiger partial charge in [-0.15, -0.1) is 0 Å². The van der Waals surface area contributed by atoms with Gasteiger partial charge in [0.2, 0.25) is 0 Å². The number of hydrogen-bond acceptors (Lipinski definition) is 2. The Bertz CT molecular complexity index is 458. The van der Waals surface area contributed by atoms with Crippen LogP contribution in [0.5, 0.6) is 0 Å². The lowest BCUT2D eigenvalue weighted by atomic mass is 10.1. The Morgan fingerprint density at radius 2 is 0.850 bits per heavy atom. The van der Waals surface area contributed by atoms with Gasteiger partial charge in [0.05, 0.1) is 0 Å². The maximum Gasteiger partial charge on any atom is 0.401 e. The van der Waals surface area contributed by atoms with Gasteiger partial charge in [0.25, 0.3) is 0 Å². The summed E-state index contributed by atoms with van der Waals surface area (Å²) in [6.07, 6.45) is 0. The maximum absolute atomic E-state index is 8.77. The number of benzene rings is 2. The minimum Gasteiger partial charge on any atom is -0.469 e. The van der Waals surface area contributed by atoms with Crippen LogP contribution in [-0.2, 0) is 0 Å². The SMILES string of the molecule is O=C(O)Cl.O=C(O)Cl.c1ccc(-c2ccccc2)cc1. The molecule has 0 atom stereocenters. The largest absolute Gasteiger partial charge is 0.469 e. The average Bonchev–Trinajstić information content (AvgIpc) is 2.39. The zero-order chi connectivity index (χ0) is 15.4. The first kappa shape index (κ1) is 18.0. The lowest BCUT2D eigenvalue weighted by molar-refractivity contribution is 0.219. The van der Waals surface area contributed by atoms with E-state index in [0.717, 1.165) is 0 Å². The second-order valence-electron chi connectivity index (χ2n) is 3.24. The van der Waals surface area contributed by atoms with E-state index in [-0.39, 0.29) is 0 Å². The molecule has 0 aromatic heterocycles. The van der Waals surface area contributed by atoms with E-state index < -0.39 is 10.9 Å². The van der Waals surface area contributed by atoms with Crippen LogP contribution >= 0.6 is 23.2 Å². The van der Waals surface area contributed by atoms with Crippen molar-refractivity contribution < 1.29 is 19.8 Å². The zero-order valence-corrected chi connectivity index (χ0v) is 11.8. The van der Waals surface area contributed by atoms with Crippen LogP contribution in [0, 0.1) is 0 Å². The molecule has 2 rings (SSSR count). The molecule has 2 aromatic rings. The highest BCUT2D eigenvalue weighted by atomic mass is 35.5. The van der Waals surface area contributed by atoms with E-state index in [1.54, 1.807) is 0 Å². The molecule has 20 heavy (non-hydrogen) atoms. The molecular formula is C14H12Cl2O4. The van der Waals surface area contributed by atoms with Crippen LogP contribution in [0.2, 0.25) is 0 Å². The minimum atomic E-state index is -1.36. The zero-order valence-electron chi connectivity index (χ0n) is 10.2. The van der Waals surface area contributed by atoms with Gasteiger partial charge >= 0.3 is 10.9 Å². The lowest BCUT2D eigenvalue weighted by Gasteiger charge is -1.98. The molecule has 0 unspecified atom stereocenters. The maximum atomic E-state index is 8.77. The van der Waals surface area contributed by atoms with Gasteiger partial charge in [-0.25, -0.2) is 9.59 Å². The molecule has 0 aliphatic rings. The molecule has 0 heterocycles. The third kappa shape index (κ3) is 11.1. The predicted octanol–water partition coefficient (Wildman–Crippen LogP) is 5.16. The number of carboxylic acid groups (broad SMARTS) is 2. The van der Waals surface area contributed by atoms with Crippen molar-refractivity contribution in [2.45, 2.75) is 0 Å². The van der Waals surface area contributed by atoms with Gasteiger partial charge in [-0.2, -0.15) is 0 Å². The summed E-state index contributed by atoms with van der Waals surface area (Å²) in [6.45, 7) is 0. The molecule has 4 nitrogen and oxygen atoms in total. The molecule has 0 aliphatic carbocycles. The number of halogens is 2. The molecule has 2 aromatic carbocycles. The Labute approximate surface area is 126 Å². The second kappa shape index (κ2) is 10.8. The van der Waals surface area contributed by atoms with Crippen molar-refractivity contribution >= 4 is 34.1 Å². The van der Waals surface area contributed by atoms with E-state index in [1.165, 1.54) is 11.1 Å². The standard InChI is InChI=1S/C12H10.2CHClO2/c1-3-7-11(8-4-1)12-9-5-2-6-10-12;2*2-1(3)4/h1-10H;2*(H,3,4). The molecule has 0 bridgehead atoms. The molecule has 0 radical (unpaired) electrons. The van der Waals surface area contributed by atoms with Crippen molar-refractivity contribution in [2.75, 3.05) is 0 Å². The van der Waals surface area contributed by atoms with E-state index in [9.17, 15) is 0 Å². The summed E-state index contributed by atoms with van der Waals surface area (Å²) in [6, 6.07) is 20.8. The quantitative estimate of drug-likeness (QED) is 0.713. The van der Waals surface area contributed by atoms with Crippen LogP contribution in [0.3, 0.4) is 0 Å².